The van der Waals surface area contributed by atoms with Crippen LogP contribution in [0.25, 0.3) is 0 Å². The molecule has 1 saturated heterocycles. The van der Waals surface area contributed by atoms with Crippen molar-refractivity contribution < 1.29 is 14.4 Å². The smallest absolute Gasteiger partial charge is 0.257 e. The second-order valence-corrected chi connectivity index (χ2v) is 9.05. The third-order valence-corrected chi connectivity index (χ3v) is 6.70. The predicted molar refractivity (Wildman–Crippen MR) is 130 cm³/mol. The minimum atomic E-state index is -0.307. The summed E-state index contributed by atoms with van der Waals surface area (Å²) < 4.78 is 0. The number of fused-ring (bicyclic) bond motifs is 1. The van der Waals surface area contributed by atoms with Crippen LogP contribution in [-0.2, 0) is 29.1 Å². The number of rotatable bonds is 5. The quantitative estimate of drug-likeness (QED) is 0.555. The van der Waals surface area contributed by atoms with E-state index in [1.807, 2.05) is 6.07 Å². The van der Waals surface area contributed by atoms with Crippen molar-refractivity contribution in [2.24, 2.45) is 0 Å². The molecule has 2 aromatic carbocycles. The summed E-state index contributed by atoms with van der Waals surface area (Å²) in [6, 6.07) is 17.0. The lowest BCUT2D eigenvalue weighted by molar-refractivity contribution is -0.121. The van der Waals surface area contributed by atoms with Gasteiger partial charge in [0.1, 0.15) is 0 Å². The Bertz CT molecular complexity index is 1180. The van der Waals surface area contributed by atoms with Crippen LogP contribution in [0.5, 0.6) is 0 Å². The van der Waals surface area contributed by atoms with Crippen LogP contribution in [0.1, 0.15) is 39.3 Å². The lowest BCUT2D eigenvalue weighted by Crippen LogP contribution is -2.29. The van der Waals surface area contributed by atoms with Gasteiger partial charge in [-0.1, -0.05) is 36.4 Å². The van der Waals surface area contributed by atoms with Crippen LogP contribution in [-0.4, -0.2) is 34.2 Å². The van der Waals surface area contributed by atoms with Crippen molar-refractivity contribution in [2.45, 2.75) is 32.4 Å². The van der Waals surface area contributed by atoms with Gasteiger partial charge in [0.05, 0.1) is 11.4 Å². The number of carbonyl (C=O) groups is 3. The number of hydrogen-bond donors (Lipinski definition) is 1. The number of imide groups is 1. The fraction of sp³-hybridized carbons (Fsp3) is 0.250. The maximum absolute atomic E-state index is 12.8. The molecule has 33 heavy (non-hydrogen) atoms. The molecule has 0 unspecified atom stereocenters. The summed E-state index contributed by atoms with van der Waals surface area (Å²) in [5.41, 5.74) is 3.13. The Morgan fingerprint density at radius 1 is 1.00 bits per heavy atom. The van der Waals surface area contributed by atoms with Gasteiger partial charge in [-0.05, 0) is 23.8 Å². The number of thiazole rings is 1. The van der Waals surface area contributed by atoms with E-state index in [4.69, 9.17) is 0 Å². The van der Waals surface area contributed by atoms with Crippen LogP contribution in [0, 0.1) is 0 Å². The number of nitrogens with zero attached hydrogens (tertiary/aromatic N) is 3. The number of carbonyl (C=O) groups excluding carboxylic acids is 3. The Labute approximate surface area is 201 Å². The highest BCUT2D eigenvalue weighted by Gasteiger charge is 2.30. The minimum absolute atomic E-state index is 0. The molecule has 0 spiro atoms. The summed E-state index contributed by atoms with van der Waals surface area (Å²) in [5, 5.41) is 3.45. The summed E-state index contributed by atoms with van der Waals surface area (Å²) in [7, 11) is 0. The molecule has 3 aromatic rings. The summed E-state index contributed by atoms with van der Waals surface area (Å²) in [5.74, 6) is -0.779. The molecule has 0 atom stereocenters. The lowest BCUT2D eigenvalue weighted by atomic mass is 10.1. The highest BCUT2D eigenvalue weighted by molar-refractivity contribution is 7.15. The SMILES string of the molecule is Cl.O=C(Nc1nc2c(s1)CN(Cc1ccccc1)CC2)c1cccc(N2C(=O)CCC2=O)c1. The first-order chi connectivity index (χ1) is 15.6. The normalized spacial score (nSPS) is 15.8. The zero-order valence-corrected chi connectivity index (χ0v) is 19.5. The Balaban J connectivity index is 0.00000259. The van der Waals surface area contributed by atoms with Crippen molar-refractivity contribution in [3.63, 3.8) is 0 Å². The van der Waals surface area contributed by atoms with Gasteiger partial charge in [0.15, 0.2) is 5.13 Å². The molecule has 9 heteroatoms. The van der Waals surface area contributed by atoms with Crippen molar-refractivity contribution in [2.75, 3.05) is 16.8 Å². The van der Waals surface area contributed by atoms with E-state index in [1.54, 1.807) is 24.3 Å². The topological polar surface area (TPSA) is 82.6 Å². The lowest BCUT2D eigenvalue weighted by Gasteiger charge is -2.25. The van der Waals surface area contributed by atoms with Crippen LogP contribution in [0.4, 0.5) is 10.8 Å². The third-order valence-electron chi connectivity index (χ3n) is 5.70. The first-order valence-electron chi connectivity index (χ1n) is 10.6. The Hall–Kier alpha value is -3.07. The van der Waals surface area contributed by atoms with Gasteiger partial charge in [-0.3, -0.25) is 29.5 Å². The van der Waals surface area contributed by atoms with E-state index in [0.717, 1.165) is 36.6 Å². The summed E-state index contributed by atoms with van der Waals surface area (Å²) in [6.45, 7) is 2.63. The number of amides is 3. The van der Waals surface area contributed by atoms with E-state index in [1.165, 1.54) is 21.8 Å². The van der Waals surface area contributed by atoms with Crippen LogP contribution >= 0.6 is 23.7 Å². The molecule has 1 N–H and O–H groups in total. The molecule has 170 valence electrons. The van der Waals surface area contributed by atoms with Crippen molar-refractivity contribution in [3.05, 3.63) is 76.3 Å². The minimum Gasteiger partial charge on any atom is -0.298 e. The third kappa shape index (κ3) is 4.98. The number of halogens is 1. The zero-order chi connectivity index (χ0) is 22.1. The highest BCUT2D eigenvalue weighted by atomic mass is 35.5. The monoisotopic (exact) mass is 482 g/mol. The van der Waals surface area contributed by atoms with Crippen LogP contribution in [0.3, 0.4) is 0 Å². The molecule has 1 fully saturated rings. The van der Waals surface area contributed by atoms with Gasteiger partial charge >= 0.3 is 0 Å². The van der Waals surface area contributed by atoms with E-state index >= 15 is 0 Å². The molecule has 3 heterocycles. The predicted octanol–water partition coefficient (Wildman–Crippen LogP) is 4.03. The van der Waals surface area contributed by atoms with E-state index in [-0.39, 0.29) is 43.0 Å². The largest absolute Gasteiger partial charge is 0.298 e. The number of nitrogens with one attached hydrogen (secondary N) is 1. The maximum Gasteiger partial charge on any atom is 0.257 e. The van der Waals surface area contributed by atoms with Crippen molar-refractivity contribution in [3.8, 4) is 0 Å². The molecular weight excluding hydrogens is 460 g/mol. The number of anilines is 2. The second kappa shape index (κ2) is 9.82. The summed E-state index contributed by atoms with van der Waals surface area (Å²) >= 11 is 1.50. The van der Waals surface area contributed by atoms with Gasteiger partial charge < -0.3 is 0 Å². The first kappa shape index (κ1) is 23.1. The molecule has 0 radical (unpaired) electrons. The molecular formula is C24H23ClN4O3S. The maximum atomic E-state index is 12.8. The molecule has 7 nitrogen and oxygen atoms in total. The van der Waals surface area contributed by atoms with Crippen LogP contribution in [0.2, 0.25) is 0 Å². The number of aromatic nitrogens is 1. The summed E-state index contributed by atoms with van der Waals surface area (Å²) in [6.07, 6.45) is 1.27. The highest BCUT2D eigenvalue weighted by Crippen LogP contribution is 2.30. The molecule has 5 rings (SSSR count). The van der Waals surface area contributed by atoms with Gasteiger partial charge in [0, 0.05) is 49.3 Å². The van der Waals surface area contributed by atoms with Gasteiger partial charge in [-0.15, -0.1) is 23.7 Å². The van der Waals surface area contributed by atoms with Gasteiger partial charge in [-0.25, -0.2) is 4.98 Å². The Morgan fingerprint density at radius 3 is 2.52 bits per heavy atom. The Kier molecular flexibility index (Phi) is 6.88. The molecule has 1 aromatic heterocycles. The van der Waals surface area contributed by atoms with E-state index in [2.05, 4.69) is 39.5 Å². The van der Waals surface area contributed by atoms with Gasteiger partial charge in [0.25, 0.3) is 5.91 Å². The first-order valence-corrected chi connectivity index (χ1v) is 11.4. The van der Waals surface area contributed by atoms with Gasteiger partial charge in [0.2, 0.25) is 11.8 Å². The van der Waals surface area contributed by atoms with Crippen LogP contribution in [0.15, 0.2) is 54.6 Å². The molecule has 0 bridgehead atoms. The van der Waals surface area contributed by atoms with Gasteiger partial charge in [-0.2, -0.15) is 0 Å². The Morgan fingerprint density at radius 2 is 1.76 bits per heavy atom. The fourth-order valence-corrected chi connectivity index (χ4v) is 5.14. The molecule has 0 saturated carbocycles. The second-order valence-electron chi connectivity index (χ2n) is 7.96. The van der Waals surface area contributed by atoms with Crippen molar-refractivity contribution in [1.82, 2.24) is 9.88 Å². The van der Waals surface area contributed by atoms with E-state index in [0.29, 0.717) is 16.4 Å². The molecule has 2 aliphatic heterocycles. The van der Waals surface area contributed by atoms with Crippen molar-refractivity contribution >= 4 is 52.3 Å². The average Bonchev–Trinajstić information content (AvgIpc) is 3.35. The van der Waals surface area contributed by atoms with E-state index < -0.39 is 0 Å². The molecule has 3 amide bonds. The van der Waals surface area contributed by atoms with Crippen LogP contribution < -0.4 is 10.2 Å². The zero-order valence-electron chi connectivity index (χ0n) is 17.8. The summed E-state index contributed by atoms with van der Waals surface area (Å²) in [4.78, 5) is 46.2. The van der Waals surface area contributed by atoms with E-state index in [9.17, 15) is 14.4 Å². The number of benzene rings is 2. The average molecular weight is 483 g/mol. The molecule has 2 aliphatic rings. The standard InChI is InChI=1S/C24H22N4O3S.ClH/c29-21-9-10-22(30)28(21)18-8-4-7-17(13-18)23(31)26-24-25-19-11-12-27(15-20(19)32-24)14-16-5-2-1-3-6-16;/h1-8,13H,9-12,14-15H2,(H,25,26,31);1H. The molecule has 0 aliphatic carbocycles. The van der Waals surface area contributed by atoms with Crippen molar-refractivity contribution in [1.29, 1.82) is 0 Å². The number of hydrogen-bond acceptors (Lipinski definition) is 6. The fourth-order valence-electron chi connectivity index (χ4n) is 4.10.